The smallest absolute Gasteiger partial charge is 0.265 e. The van der Waals surface area contributed by atoms with E-state index in [-0.39, 0.29) is 5.91 Å². The van der Waals surface area contributed by atoms with Gasteiger partial charge in [-0.2, -0.15) is 5.26 Å². The van der Waals surface area contributed by atoms with Gasteiger partial charge in [0.1, 0.15) is 21.8 Å². The number of carbonyl (C=O) groups is 1. The Kier molecular flexibility index (Phi) is 5.81. The fourth-order valence-corrected chi connectivity index (χ4v) is 5.47. The monoisotopic (exact) mass is 443 g/mol. The zero-order chi connectivity index (χ0) is 20.4. The zero-order valence-electron chi connectivity index (χ0n) is 15.8. The first kappa shape index (κ1) is 19.8. The molecule has 0 N–H and O–H groups in total. The van der Waals surface area contributed by atoms with Crippen molar-refractivity contribution in [2.75, 3.05) is 31.1 Å². The van der Waals surface area contributed by atoms with E-state index in [1.807, 2.05) is 24.0 Å². The van der Waals surface area contributed by atoms with Crippen LogP contribution >= 0.6 is 34.3 Å². The molecule has 29 heavy (non-hydrogen) atoms. The fourth-order valence-electron chi connectivity index (χ4n) is 3.34. The van der Waals surface area contributed by atoms with Gasteiger partial charge in [0, 0.05) is 32.4 Å². The highest BCUT2D eigenvalue weighted by molar-refractivity contribution is 7.24. The molecule has 4 heterocycles. The number of halogens is 1. The minimum atomic E-state index is 0.0114. The maximum Gasteiger partial charge on any atom is 0.265 e. The molecule has 0 aromatic carbocycles. The molecule has 0 bridgehead atoms. The highest BCUT2D eigenvalue weighted by Gasteiger charge is 2.25. The van der Waals surface area contributed by atoms with E-state index in [2.05, 4.69) is 20.9 Å². The van der Waals surface area contributed by atoms with Crippen molar-refractivity contribution in [2.45, 2.75) is 13.3 Å². The molecule has 1 aliphatic heterocycles. The molecule has 0 radical (unpaired) electrons. The number of pyridine rings is 1. The molecule has 0 spiro atoms. The average Bonchev–Trinajstić information content (AvgIpc) is 3.24. The van der Waals surface area contributed by atoms with E-state index in [9.17, 15) is 10.1 Å². The number of thiophene rings is 1. The molecule has 0 atom stereocenters. The maximum atomic E-state index is 13.2. The number of carbonyl (C=O) groups excluding carboxylic acids is 1. The maximum absolute atomic E-state index is 13.2. The summed E-state index contributed by atoms with van der Waals surface area (Å²) in [4.78, 5) is 27.8. The van der Waals surface area contributed by atoms with Gasteiger partial charge in [-0.1, -0.05) is 11.6 Å². The molecular formula is C20H18ClN5OS2. The largest absolute Gasteiger partial charge is 0.354 e. The van der Waals surface area contributed by atoms with Crippen LogP contribution in [-0.4, -0.2) is 47.0 Å². The van der Waals surface area contributed by atoms with Crippen molar-refractivity contribution >= 4 is 46.0 Å². The summed E-state index contributed by atoms with van der Waals surface area (Å²) in [6, 6.07) is 9.52. The van der Waals surface area contributed by atoms with Crippen molar-refractivity contribution in [3.05, 3.63) is 50.9 Å². The third-order valence-corrected chi connectivity index (χ3v) is 7.31. The Morgan fingerprint density at radius 1 is 1.21 bits per heavy atom. The van der Waals surface area contributed by atoms with Crippen LogP contribution in [0.5, 0.6) is 0 Å². The van der Waals surface area contributed by atoms with Gasteiger partial charge in [-0.3, -0.25) is 4.79 Å². The number of amides is 1. The second-order valence-corrected chi connectivity index (χ2v) is 9.37. The fraction of sp³-hybridized carbons (Fsp3) is 0.300. The Hall–Kier alpha value is -2.47. The molecule has 0 unspecified atom stereocenters. The van der Waals surface area contributed by atoms with Crippen molar-refractivity contribution in [1.29, 1.82) is 5.26 Å². The van der Waals surface area contributed by atoms with Crippen LogP contribution < -0.4 is 4.90 Å². The van der Waals surface area contributed by atoms with Crippen molar-refractivity contribution in [3.8, 4) is 16.0 Å². The molecule has 1 aliphatic rings. The van der Waals surface area contributed by atoms with Crippen LogP contribution in [-0.2, 0) is 0 Å². The lowest BCUT2D eigenvalue weighted by atomic mass is 10.2. The Morgan fingerprint density at radius 3 is 2.83 bits per heavy atom. The van der Waals surface area contributed by atoms with Gasteiger partial charge in [0.2, 0.25) is 0 Å². The van der Waals surface area contributed by atoms with E-state index in [1.165, 1.54) is 22.7 Å². The summed E-state index contributed by atoms with van der Waals surface area (Å²) in [5.41, 5.74) is 1.31. The van der Waals surface area contributed by atoms with Crippen molar-refractivity contribution in [1.82, 2.24) is 14.9 Å². The Balaban J connectivity index is 1.51. The van der Waals surface area contributed by atoms with Gasteiger partial charge in [-0.15, -0.1) is 22.7 Å². The van der Waals surface area contributed by atoms with Crippen LogP contribution in [0.25, 0.3) is 9.88 Å². The van der Waals surface area contributed by atoms with Crippen LogP contribution in [0.1, 0.15) is 27.3 Å². The van der Waals surface area contributed by atoms with Gasteiger partial charge in [-0.05, 0) is 37.6 Å². The molecule has 9 heteroatoms. The molecule has 1 saturated heterocycles. The van der Waals surface area contributed by atoms with Crippen LogP contribution in [0.15, 0.2) is 30.5 Å². The molecule has 3 aromatic heterocycles. The summed E-state index contributed by atoms with van der Waals surface area (Å²) in [6.07, 6.45) is 2.52. The number of thiazole rings is 1. The predicted octanol–water partition coefficient (Wildman–Crippen LogP) is 4.45. The minimum Gasteiger partial charge on any atom is -0.354 e. The lowest BCUT2D eigenvalue weighted by Gasteiger charge is -2.23. The van der Waals surface area contributed by atoms with E-state index in [1.54, 1.807) is 18.3 Å². The quantitative estimate of drug-likeness (QED) is 0.597. The Morgan fingerprint density at radius 2 is 2.07 bits per heavy atom. The number of hydrogen-bond donors (Lipinski definition) is 0. The highest BCUT2D eigenvalue weighted by Crippen LogP contribution is 2.35. The van der Waals surface area contributed by atoms with Crippen molar-refractivity contribution in [3.63, 3.8) is 0 Å². The molecule has 148 valence electrons. The van der Waals surface area contributed by atoms with E-state index >= 15 is 0 Å². The second-order valence-electron chi connectivity index (χ2n) is 6.66. The first-order valence-electron chi connectivity index (χ1n) is 9.19. The lowest BCUT2D eigenvalue weighted by Crippen LogP contribution is -2.35. The number of aryl methyl sites for hydroxylation is 1. The summed E-state index contributed by atoms with van der Waals surface area (Å²) in [5, 5.41) is 10.2. The molecule has 1 fully saturated rings. The van der Waals surface area contributed by atoms with Crippen molar-refractivity contribution in [2.24, 2.45) is 0 Å². The molecule has 0 aliphatic carbocycles. The molecule has 6 nitrogen and oxygen atoms in total. The Bertz CT molecular complexity index is 1090. The average molecular weight is 444 g/mol. The van der Waals surface area contributed by atoms with Crippen molar-refractivity contribution < 1.29 is 4.79 Å². The summed E-state index contributed by atoms with van der Waals surface area (Å²) in [7, 11) is 0. The molecule has 0 saturated carbocycles. The van der Waals surface area contributed by atoms with Crippen LogP contribution in [0, 0.1) is 18.3 Å². The molecule has 4 rings (SSSR count). The first-order valence-corrected chi connectivity index (χ1v) is 11.2. The topological polar surface area (TPSA) is 73.1 Å². The minimum absolute atomic E-state index is 0.0114. The zero-order valence-corrected chi connectivity index (χ0v) is 18.1. The third kappa shape index (κ3) is 4.13. The van der Waals surface area contributed by atoms with Gasteiger partial charge < -0.3 is 9.80 Å². The normalized spacial score (nSPS) is 14.5. The molecular weight excluding hydrogens is 426 g/mol. The van der Waals surface area contributed by atoms with E-state index in [0.29, 0.717) is 40.2 Å². The van der Waals surface area contributed by atoms with E-state index in [0.717, 1.165) is 28.5 Å². The molecule has 1 amide bonds. The number of nitriles is 1. The summed E-state index contributed by atoms with van der Waals surface area (Å²) >= 11 is 8.92. The lowest BCUT2D eigenvalue weighted by molar-refractivity contribution is 0.0771. The SMILES string of the molecule is Cc1nc(-c2ccc(Cl)s2)sc1C(=O)N1CCCN(c2ncccc2C#N)CC1. The number of nitrogens with zero attached hydrogens (tertiary/aromatic N) is 5. The second kappa shape index (κ2) is 8.49. The van der Waals surface area contributed by atoms with Gasteiger partial charge >= 0.3 is 0 Å². The summed E-state index contributed by atoms with van der Waals surface area (Å²) in [6.45, 7) is 4.53. The van der Waals surface area contributed by atoms with Gasteiger partial charge in [0.05, 0.1) is 20.5 Å². The third-order valence-electron chi connectivity index (χ3n) is 4.76. The summed E-state index contributed by atoms with van der Waals surface area (Å²) < 4.78 is 0.708. The number of aromatic nitrogens is 2. The van der Waals surface area contributed by atoms with Crippen LogP contribution in [0.4, 0.5) is 5.82 Å². The predicted molar refractivity (Wildman–Crippen MR) is 117 cm³/mol. The highest BCUT2D eigenvalue weighted by atomic mass is 35.5. The van der Waals surface area contributed by atoms with E-state index in [4.69, 9.17) is 11.6 Å². The van der Waals surface area contributed by atoms with Crippen LogP contribution in [0.3, 0.4) is 0 Å². The summed E-state index contributed by atoms with van der Waals surface area (Å²) in [5.74, 6) is 0.701. The first-order chi connectivity index (χ1) is 14.1. The number of hydrogen-bond acceptors (Lipinski definition) is 7. The van der Waals surface area contributed by atoms with Gasteiger partial charge in [0.25, 0.3) is 5.91 Å². The van der Waals surface area contributed by atoms with Crippen LogP contribution in [0.2, 0.25) is 4.34 Å². The Labute approximate surface area is 182 Å². The van der Waals surface area contributed by atoms with Gasteiger partial charge in [-0.25, -0.2) is 9.97 Å². The molecule has 3 aromatic rings. The standard InChI is InChI=1S/C20H18ClN5OS2/c1-13-17(29-19(24-13)15-5-6-16(21)28-15)20(27)26-9-3-8-25(10-11-26)18-14(12-22)4-2-7-23-18/h2,4-7H,3,8-11H2,1H3. The number of rotatable bonds is 3. The van der Waals surface area contributed by atoms with Gasteiger partial charge in [0.15, 0.2) is 0 Å². The van der Waals surface area contributed by atoms with E-state index < -0.39 is 0 Å². The number of anilines is 1.